The minimum atomic E-state index is 0.561. The molecule has 5 nitrogen and oxygen atoms in total. The van der Waals surface area contributed by atoms with E-state index < -0.39 is 0 Å². The van der Waals surface area contributed by atoms with Gasteiger partial charge >= 0.3 is 0 Å². The highest BCUT2D eigenvalue weighted by molar-refractivity contribution is 5.42. The minimum absolute atomic E-state index is 0.561. The van der Waals surface area contributed by atoms with Gasteiger partial charge in [-0.1, -0.05) is 24.3 Å². The molecule has 2 aliphatic rings. The number of fused-ring (bicyclic) bond motifs is 1. The van der Waals surface area contributed by atoms with Crippen LogP contribution in [0.2, 0.25) is 0 Å². The Morgan fingerprint density at radius 2 is 1.92 bits per heavy atom. The quantitative estimate of drug-likeness (QED) is 0.900. The summed E-state index contributed by atoms with van der Waals surface area (Å²) in [5.41, 5.74) is 4.27. The summed E-state index contributed by atoms with van der Waals surface area (Å²) < 4.78 is 5.92. The molecule has 0 radical (unpaired) electrons. The summed E-state index contributed by atoms with van der Waals surface area (Å²) in [6.07, 6.45) is 3.98. The summed E-state index contributed by atoms with van der Waals surface area (Å²) in [5.74, 6) is 1.17. The monoisotopic (exact) mass is 348 g/mol. The summed E-state index contributed by atoms with van der Waals surface area (Å²) in [4.78, 5) is 6.90. The number of pyridine rings is 1. The van der Waals surface area contributed by atoms with Gasteiger partial charge in [0.05, 0.1) is 24.1 Å². The first-order chi connectivity index (χ1) is 12.8. The zero-order chi connectivity index (χ0) is 17.8. The average molecular weight is 348 g/mol. The number of piperidine rings is 1. The van der Waals surface area contributed by atoms with E-state index >= 15 is 0 Å². The van der Waals surface area contributed by atoms with Gasteiger partial charge < -0.3 is 10.1 Å². The van der Waals surface area contributed by atoms with Gasteiger partial charge in [0.1, 0.15) is 6.07 Å². The standard InChI is InChI=1S/C21H24N4O/c22-10-19-9-20(14-25-12-17-3-1-2-4-18(17)13-25)24-11-21(19)26-15-16-5-7-23-8-6-16/h1-4,9,11,16,23H,5-8,12-15H2. The van der Waals surface area contributed by atoms with Crippen molar-refractivity contribution in [1.29, 1.82) is 5.26 Å². The van der Waals surface area contributed by atoms with E-state index in [9.17, 15) is 5.26 Å². The molecule has 0 unspecified atom stereocenters. The predicted octanol–water partition coefficient (Wildman–Crippen LogP) is 2.85. The van der Waals surface area contributed by atoms with Crippen LogP contribution in [0, 0.1) is 17.2 Å². The van der Waals surface area contributed by atoms with Crippen LogP contribution in [0.3, 0.4) is 0 Å². The fourth-order valence-corrected chi connectivity index (χ4v) is 3.78. The lowest BCUT2D eigenvalue weighted by atomic mass is 9.99. The van der Waals surface area contributed by atoms with Gasteiger partial charge in [0, 0.05) is 19.6 Å². The van der Waals surface area contributed by atoms with Gasteiger partial charge in [0.2, 0.25) is 0 Å². The molecular weight excluding hydrogens is 324 g/mol. The van der Waals surface area contributed by atoms with Crippen molar-refractivity contribution >= 4 is 0 Å². The minimum Gasteiger partial charge on any atom is -0.490 e. The Balaban J connectivity index is 1.38. The maximum absolute atomic E-state index is 9.50. The summed E-state index contributed by atoms with van der Waals surface area (Å²) in [7, 11) is 0. The van der Waals surface area contributed by atoms with Crippen LogP contribution in [0.25, 0.3) is 0 Å². The summed E-state index contributed by atoms with van der Waals surface area (Å²) in [5, 5.41) is 12.9. The van der Waals surface area contributed by atoms with Gasteiger partial charge in [0.15, 0.2) is 5.75 Å². The van der Waals surface area contributed by atoms with Gasteiger partial charge in [-0.05, 0) is 49.0 Å². The first-order valence-corrected chi connectivity index (χ1v) is 9.33. The van der Waals surface area contributed by atoms with E-state index in [4.69, 9.17) is 4.74 Å². The highest BCUT2D eigenvalue weighted by Crippen LogP contribution is 2.25. The Labute approximate surface area is 154 Å². The zero-order valence-corrected chi connectivity index (χ0v) is 14.9. The lowest BCUT2D eigenvalue weighted by molar-refractivity contribution is 0.214. The molecule has 1 N–H and O–H groups in total. The fourth-order valence-electron chi connectivity index (χ4n) is 3.78. The molecule has 5 heteroatoms. The Morgan fingerprint density at radius 3 is 2.62 bits per heavy atom. The van der Waals surface area contributed by atoms with Gasteiger partial charge in [0.25, 0.3) is 0 Å². The lowest BCUT2D eigenvalue weighted by Crippen LogP contribution is -2.30. The zero-order valence-electron chi connectivity index (χ0n) is 14.9. The Bertz CT molecular complexity index is 783. The van der Waals surface area contributed by atoms with Gasteiger partial charge in [-0.25, -0.2) is 0 Å². The Morgan fingerprint density at radius 1 is 1.19 bits per heavy atom. The normalized spacial score (nSPS) is 17.7. The third-order valence-corrected chi connectivity index (χ3v) is 5.27. The first-order valence-electron chi connectivity index (χ1n) is 9.33. The molecule has 0 amide bonds. The molecule has 0 saturated carbocycles. The Hall–Kier alpha value is -2.42. The van der Waals surface area contributed by atoms with Crippen molar-refractivity contribution in [3.05, 3.63) is 58.9 Å². The fraction of sp³-hybridized carbons (Fsp3) is 0.429. The molecule has 2 aromatic rings. The molecule has 134 valence electrons. The molecular formula is C21H24N4O. The first kappa shape index (κ1) is 17.0. The third-order valence-electron chi connectivity index (χ3n) is 5.27. The number of hydrogen-bond acceptors (Lipinski definition) is 5. The van der Waals surface area contributed by atoms with Gasteiger partial charge in [-0.2, -0.15) is 5.26 Å². The number of nitrogens with one attached hydrogen (secondary N) is 1. The number of nitriles is 1. The lowest BCUT2D eigenvalue weighted by Gasteiger charge is -2.23. The molecule has 0 spiro atoms. The smallest absolute Gasteiger partial charge is 0.155 e. The molecule has 1 saturated heterocycles. The SMILES string of the molecule is N#Cc1cc(CN2Cc3ccccc3C2)ncc1OCC1CCNCC1. The van der Waals surface area contributed by atoms with E-state index in [0.29, 0.717) is 23.8 Å². The van der Waals surface area contributed by atoms with Crippen LogP contribution in [0.15, 0.2) is 36.5 Å². The largest absolute Gasteiger partial charge is 0.490 e. The highest BCUT2D eigenvalue weighted by atomic mass is 16.5. The van der Waals surface area contributed by atoms with Crippen LogP contribution < -0.4 is 10.1 Å². The second kappa shape index (κ2) is 7.86. The van der Waals surface area contributed by atoms with Crippen molar-refractivity contribution in [3.63, 3.8) is 0 Å². The molecule has 1 fully saturated rings. The number of benzene rings is 1. The van der Waals surface area contributed by atoms with Crippen LogP contribution in [0.1, 0.15) is 35.2 Å². The van der Waals surface area contributed by atoms with Gasteiger partial charge in [-0.3, -0.25) is 9.88 Å². The van der Waals surface area contributed by atoms with Crippen LogP contribution >= 0.6 is 0 Å². The molecule has 0 bridgehead atoms. The maximum atomic E-state index is 9.50. The summed E-state index contributed by atoms with van der Waals surface area (Å²) in [6.45, 7) is 5.39. The molecule has 1 aromatic heterocycles. The van der Waals surface area contributed by atoms with Crippen molar-refractivity contribution in [2.24, 2.45) is 5.92 Å². The van der Waals surface area contributed by atoms with Crippen LogP contribution in [-0.4, -0.2) is 29.6 Å². The van der Waals surface area contributed by atoms with E-state index in [1.165, 1.54) is 11.1 Å². The van der Waals surface area contributed by atoms with E-state index in [1.807, 2.05) is 6.07 Å². The van der Waals surface area contributed by atoms with Crippen molar-refractivity contribution in [1.82, 2.24) is 15.2 Å². The van der Waals surface area contributed by atoms with E-state index in [0.717, 1.165) is 51.3 Å². The molecule has 3 heterocycles. The maximum Gasteiger partial charge on any atom is 0.155 e. The van der Waals surface area contributed by atoms with Crippen molar-refractivity contribution in [3.8, 4) is 11.8 Å². The number of ether oxygens (including phenoxy) is 1. The average Bonchev–Trinajstić information content (AvgIpc) is 3.10. The van der Waals surface area contributed by atoms with Crippen molar-refractivity contribution in [2.45, 2.75) is 32.5 Å². The second-order valence-electron chi connectivity index (χ2n) is 7.20. The molecule has 2 aliphatic heterocycles. The molecule has 26 heavy (non-hydrogen) atoms. The van der Waals surface area contributed by atoms with E-state index in [2.05, 4.69) is 45.5 Å². The van der Waals surface area contributed by atoms with E-state index in [1.54, 1.807) is 6.20 Å². The predicted molar refractivity (Wildman–Crippen MR) is 99.4 cm³/mol. The molecule has 0 aliphatic carbocycles. The van der Waals surface area contributed by atoms with Crippen LogP contribution in [0.5, 0.6) is 5.75 Å². The van der Waals surface area contributed by atoms with Crippen LogP contribution in [-0.2, 0) is 19.6 Å². The van der Waals surface area contributed by atoms with Gasteiger partial charge in [-0.15, -0.1) is 0 Å². The second-order valence-corrected chi connectivity index (χ2v) is 7.20. The Kier molecular flexibility index (Phi) is 5.14. The van der Waals surface area contributed by atoms with Crippen LogP contribution in [0.4, 0.5) is 0 Å². The number of hydrogen-bond donors (Lipinski definition) is 1. The van der Waals surface area contributed by atoms with Crippen molar-refractivity contribution in [2.75, 3.05) is 19.7 Å². The third kappa shape index (κ3) is 3.87. The van der Waals surface area contributed by atoms with E-state index in [-0.39, 0.29) is 0 Å². The molecule has 4 rings (SSSR count). The number of aromatic nitrogens is 1. The van der Waals surface area contributed by atoms with Crippen molar-refractivity contribution < 1.29 is 4.74 Å². The molecule has 1 aromatic carbocycles. The molecule has 0 atom stereocenters. The number of nitrogens with zero attached hydrogens (tertiary/aromatic N) is 3. The topological polar surface area (TPSA) is 61.2 Å². The summed E-state index contributed by atoms with van der Waals surface area (Å²) in [6, 6.07) is 12.7. The summed E-state index contributed by atoms with van der Waals surface area (Å²) >= 11 is 0. The number of rotatable bonds is 5. The highest BCUT2D eigenvalue weighted by Gasteiger charge is 2.20.